The molecule has 4 nitrogen and oxygen atoms in total. The summed E-state index contributed by atoms with van der Waals surface area (Å²) in [4.78, 5) is 0. The minimum atomic E-state index is 0.593. The average Bonchev–Trinajstić information content (AvgIpc) is 2.67. The minimum absolute atomic E-state index is 0.593. The molecular formula is C14H15ClN4. The third kappa shape index (κ3) is 2.48. The Morgan fingerprint density at radius 3 is 2.68 bits per heavy atom. The molecule has 0 amide bonds. The molecule has 5 heteroatoms. The number of nitriles is 1. The number of rotatable bonds is 3. The molecule has 0 aliphatic heterocycles. The summed E-state index contributed by atoms with van der Waals surface area (Å²) >= 11 is 6.15. The van der Waals surface area contributed by atoms with E-state index in [1.165, 1.54) is 0 Å². The van der Waals surface area contributed by atoms with E-state index in [-0.39, 0.29) is 0 Å². The van der Waals surface area contributed by atoms with Crippen molar-refractivity contribution in [3.05, 3.63) is 45.7 Å². The standard InChI is InChI=1S/C14H15ClN4/c1-9-14(15)10(2)19(18-9)13-5-4-11(8-17-3)6-12(13)7-16/h4-6,17H,8H2,1-3H3. The monoisotopic (exact) mass is 274 g/mol. The fourth-order valence-corrected chi connectivity index (χ4v) is 2.15. The summed E-state index contributed by atoms with van der Waals surface area (Å²) in [6.07, 6.45) is 0. The molecule has 1 heterocycles. The van der Waals surface area contributed by atoms with Crippen molar-refractivity contribution in [2.45, 2.75) is 20.4 Å². The largest absolute Gasteiger partial charge is 0.316 e. The maximum absolute atomic E-state index is 9.29. The number of nitrogens with zero attached hydrogens (tertiary/aromatic N) is 3. The molecule has 0 atom stereocenters. The van der Waals surface area contributed by atoms with Gasteiger partial charge in [-0.05, 0) is 38.6 Å². The van der Waals surface area contributed by atoms with Crippen LogP contribution in [0.25, 0.3) is 5.69 Å². The van der Waals surface area contributed by atoms with Crippen molar-refractivity contribution in [3.8, 4) is 11.8 Å². The third-order valence-electron chi connectivity index (χ3n) is 2.99. The van der Waals surface area contributed by atoms with Crippen LogP contribution in [0.15, 0.2) is 18.2 Å². The normalized spacial score (nSPS) is 10.5. The Hall–Kier alpha value is -1.83. The molecule has 1 N–H and O–H groups in total. The van der Waals surface area contributed by atoms with Crippen LogP contribution in [0.3, 0.4) is 0 Å². The van der Waals surface area contributed by atoms with Crippen LogP contribution in [0, 0.1) is 25.2 Å². The number of hydrogen-bond donors (Lipinski definition) is 1. The Bertz CT molecular complexity index is 652. The van der Waals surface area contributed by atoms with Crippen molar-refractivity contribution in [2.24, 2.45) is 0 Å². The topological polar surface area (TPSA) is 53.6 Å². The number of aryl methyl sites for hydroxylation is 1. The fourth-order valence-electron chi connectivity index (χ4n) is 2.03. The van der Waals surface area contributed by atoms with E-state index in [1.54, 1.807) is 4.68 Å². The molecule has 0 bridgehead atoms. The predicted molar refractivity (Wildman–Crippen MR) is 75.5 cm³/mol. The molecule has 1 aromatic carbocycles. The molecule has 2 aromatic rings. The number of benzene rings is 1. The second kappa shape index (κ2) is 5.43. The van der Waals surface area contributed by atoms with E-state index in [9.17, 15) is 5.26 Å². The lowest BCUT2D eigenvalue weighted by Gasteiger charge is -2.08. The van der Waals surface area contributed by atoms with E-state index >= 15 is 0 Å². The van der Waals surface area contributed by atoms with Gasteiger partial charge in [0.2, 0.25) is 0 Å². The van der Waals surface area contributed by atoms with Crippen LogP contribution < -0.4 is 5.32 Å². The Labute approximate surface area is 117 Å². The van der Waals surface area contributed by atoms with E-state index < -0.39 is 0 Å². The predicted octanol–water partition coefficient (Wildman–Crippen LogP) is 2.73. The van der Waals surface area contributed by atoms with Gasteiger partial charge < -0.3 is 5.32 Å². The zero-order valence-corrected chi connectivity index (χ0v) is 11.9. The van der Waals surface area contributed by atoms with Gasteiger partial charge in [-0.15, -0.1) is 0 Å². The highest BCUT2D eigenvalue weighted by atomic mass is 35.5. The first kappa shape index (κ1) is 13.6. The van der Waals surface area contributed by atoms with Crippen molar-refractivity contribution in [2.75, 3.05) is 7.05 Å². The lowest BCUT2D eigenvalue weighted by molar-refractivity contribution is 0.808. The molecule has 0 spiro atoms. The molecule has 0 radical (unpaired) electrons. The fraction of sp³-hybridized carbons (Fsp3) is 0.286. The Kier molecular flexibility index (Phi) is 3.89. The zero-order chi connectivity index (χ0) is 14.0. The summed E-state index contributed by atoms with van der Waals surface area (Å²) in [6.45, 7) is 4.48. The van der Waals surface area contributed by atoms with Crippen molar-refractivity contribution in [1.29, 1.82) is 5.26 Å². The molecule has 1 aromatic heterocycles. The number of aromatic nitrogens is 2. The Morgan fingerprint density at radius 2 is 2.16 bits per heavy atom. The number of halogens is 1. The molecule has 2 rings (SSSR count). The SMILES string of the molecule is CNCc1ccc(-n2nc(C)c(Cl)c2C)c(C#N)c1. The lowest BCUT2D eigenvalue weighted by Crippen LogP contribution is -2.07. The number of nitrogens with one attached hydrogen (secondary N) is 1. The van der Waals surface area contributed by atoms with Gasteiger partial charge in [0.1, 0.15) is 6.07 Å². The molecular weight excluding hydrogens is 260 g/mol. The van der Waals surface area contributed by atoms with E-state index in [0.717, 1.165) is 29.2 Å². The lowest BCUT2D eigenvalue weighted by atomic mass is 10.1. The van der Waals surface area contributed by atoms with Gasteiger partial charge in [-0.1, -0.05) is 17.7 Å². The van der Waals surface area contributed by atoms with Gasteiger partial charge in [0.15, 0.2) is 0 Å². The molecule has 0 aliphatic carbocycles. The Morgan fingerprint density at radius 1 is 1.42 bits per heavy atom. The van der Waals surface area contributed by atoms with Crippen LogP contribution in [0.2, 0.25) is 5.02 Å². The highest BCUT2D eigenvalue weighted by Gasteiger charge is 2.13. The van der Waals surface area contributed by atoms with Crippen LogP contribution >= 0.6 is 11.6 Å². The van der Waals surface area contributed by atoms with Gasteiger partial charge in [0.05, 0.1) is 27.7 Å². The zero-order valence-electron chi connectivity index (χ0n) is 11.2. The molecule has 98 valence electrons. The first-order valence-corrected chi connectivity index (χ1v) is 6.36. The molecule has 0 aliphatic rings. The maximum atomic E-state index is 9.29. The van der Waals surface area contributed by atoms with Crippen LogP contribution in [0.4, 0.5) is 0 Å². The summed E-state index contributed by atoms with van der Waals surface area (Å²) in [7, 11) is 1.88. The van der Waals surface area contributed by atoms with Crippen molar-refractivity contribution in [1.82, 2.24) is 15.1 Å². The molecule has 19 heavy (non-hydrogen) atoms. The van der Waals surface area contributed by atoms with E-state index in [4.69, 9.17) is 11.6 Å². The minimum Gasteiger partial charge on any atom is -0.316 e. The van der Waals surface area contributed by atoms with Crippen LogP contribution in [-0.2, 0) is 6.54 Å². The van der Waals surface area contributed by atoms with Gasteiger partial charge in [-0.25, -0.2) is 4.68 Å². The van der Waals surface area contributed by atoms with Gasteiger partial charge in [0.25, 0.3) is 0 Å². The first-order valence-electron chi connectivity index (χ1n) is 5.98. The molecule has 0 fully saturated rings. The van der Waals surface area contributed by atoms with Crippen LogP contribution in [0.1, 0.15) is 22.5 Å². The smallest absolute Gasteiger partial charge is 0.101 e. The van der Waals surface area contributed by atoms with E-state index in [1.807, 2.05) is 39.1 Å². The molecule has 0 unspecified atom stereocenters. The van der Waals surface area contributed by atoms with Gasteiger partial charge in [0, 0.05) is 6.54 Å². The Balaban J connectivity index is 2.56. The van der Waals surface area contributed by atoms with Crippen LogP contribution in [-0.4, -0.2) is 16.8 Å². The summed E-state index contributed by atoms with van der Waals surface area (Å²) in [5.74, 6) is 0. The highest BCUT2D eigenvalue weighted by molar-refractivity contribution is 6.31. The highest BCUT2D eigenvalue weighted by Crippen LogP contribution is 2.24. The number of hydrogen-bond acceptors (Lipinski definition) is 3. The molecule has 0 saturated heterocycles. The first-order chi connectivity index (χ1) is 9.08. The summed E-state index contributed by atoms with van der Waals surface area (Å²) in [5.41, 5.74) is 4.03. The second-order valence-corrected chi connectivity index (χ2v) is 4.77. The quantitative estimate of drug-likeness (QED) is 0.936. The maximum Gasteiger partial charge on any atom is 0.101 e. The summed E-state index contributed by atoms with van der Waals surface area (Å²) in [6, 6.07) is 7.98. The second-order valence-electron chi connectivity index (χ2n) is 4.39. The average molecular weight is 275 g/mol. The van der Waals surface area contributed by atoms with Crippen molar-refractivity contribution >= 4 is 11.6 Å². The van der Waals surface area contributed by atoms with Gasteiger partial charge >= 0.3 is 0 Å². The van der Waals surface area contributed by atoms with Crippen molar-refractivity contribution in [3.63, 3.8) is 0 Å². The van der Waals surface area contributed by atoms with Gasteiger partial charge in [-0.3, -0.25) is 0 Å². The van der Waals surface area contributed by atoms with Crippen LogP contribution in [0.5, 0.6) is 0 Å². The summed E-state index contributed by atoms with van der Waals surface area (Å²) in [5, 5.41) is 17.4. The van der Waals surface area contributed by atoms with Gasteiger partial charge in [-0.2, -0.15) is 10.4 Å². The molecule has 0 saturated carbocycles. The summed E-state index contributed by atoms with van der Waals surface area (Å²) < 4.78 is 1.72. The van der Waals surface area contributed by atoms with Crippen molar-refractivity contribution < 1.29 is 0 Å². The van der Waals surface area contributed by atoms with E-state index in [2.05, 4.69) is 16.5 Å². The third-order valence-corrected chi connectivity index (χ3v) is 3.54. The van der Waals surface area contributed by atoms with E-state index in [0.29, 0.717) is 10.6 Å².